The summed E-state index contributed by atoms with van der Waals surface area (Å²) in [7, 11) is 1.48. The molecule has 0 spiro atoms. The number of halogens is 3. The summed E-state index contributed by atoms with van der Waals surface area (Å²) in [6.07, 6.45) is 1.37. The van der Waals surface area contributed by atoms with E-state index in [1.807, 2.05) is 30.3 Å². The van der Waals surface area contributed by atoms with Crippen molar-refractivity contribution in [2.24, 2.45) is 0 Å². The number of hydrogen-bond donors (Lipinski definition) is 1. The molecule has 0 saturated carbocycles. The lowest BCUT2D eigenvalue weighted by atomic mass is 10.1. The van der Waals surface area contributed by atoms with Crippen LogP contribution in [0.2, 0.25) is 5.02 Å². The zero-order valence-electron chi connectivity index (χ0n) is 18.1. The lowest BCUT2D eigenvalue weighted by Gasteiger charge is -2.14. The van der Waals surface area contributed by atoms with Crippen molar-refractivity contribution >= 4 is 66.8 Å². The third-order valence-electron chi connectivity index (χ3n) is 4.62. The fraction of sp³-hybridized carbons (Fsp3) is 0.0833. The monoisotopic (exact) mass is 619 g/mol. The van der Waals surface area contributed by atoms with Gasteiger partial charge in [0.05, 0.1) is 16.5 Å². The minimum Gasteiger partial charge on any atom is -0.493 e. The number of carbonyl (C=O) groups excluding carboxylic acids is 1. The van der Waals surface area contributed by atoms with Crippen molar-refractivity contribution in [2.75, 3.05) is 12.4 Å². The molecule has 1 N–H and O–H groups in total. The maximum atomic E-state index is 12.6. The average Bonchev–Trinajstić information content (AvgIpc) is 2.83. The molecular weight excluding hydrogens is 606 g/mol. The summed E-state index contributed by atoms with van der Waals surface area (Å²) in [5.74, 6) is 0.118. The van der Waals surface area contributed by atoms with Crippen LogP contribution in [0.1, 0.15) is 11.1 Å². The van der Waals surface area contributed by atoms with Gasteiger partial charge in [-0.05, 0) is 69.5 Å². The van der Waals surface area contributed by atoms with Gasteiger partial charge < -0.3 is 14.8 Å². The third kappa shape index (κ3) is 6.82. The first-order valence-electron chi connectivity index (χ1n) is 9.83. The van der Waals surface area contributed by atoms with E-state index in [-0.39, 0.29) is 22.0 Å². The predicted octanol–water partition coefficient (Wildman–Crippen LogP) is 6.91. The number of nitrogens with zero attached hydrogens (tertiary/aromatic N) is 2. The Morgan fingerprint density at radius 3 is 2.54 bits per heavy atom. The standard InChI is InChI=1S/C24H16Br2ClN3O5/c1-34-22-10-15(9-19(26)23(22)35-13-14-2-4-17(25)5-3-14)8-16(12-28)24(31)29-18-6-7-20(27)21(11-18)30(32)33/h2-11H,13H2,1H3,(H,29,31)/b16-8+. The van der Waals surface area contributed by atoms with Crippen LogP contribution in [0.25, 0.3) is 6.08 Å². The number of methoxy groups -OCH3 is 1. The van der Waals surface area contributed by atoms with Crippen LogP contribution in [-0.2, 0) is 11.4 Å². The number of nitriles is 1. The number of amides is 1. The molecule has 0 unspecified atom stereocenters. The van der Waals surface area contributed by atoms with Gasteiger partial charge in [0.2, 0.25) is 0 Å². The number of rotatable bonds is 8. The molecule has 178 valence electrons. The number of hydrogen-bond acceptors (Lipinski definition) is 6. The summed E-state index contributed by atoms with van der Waals surface area (Å²) in [5, 5.41) is 23.0. The number of anilines is 1. The van der Waals surface area contributed by atoms with Crippen molar-refractivity contribution < 1.29 is 19.2 Å². The molecule has 8 nitrogen and oxygen atoms in total. The van der Waals surface area contributed by atoms with Crippen LogP contribution in [0, 0.1) is 21.4 Å². The van der Waals surface area contributed by atoms with Gasteiger partial charge in [0.1, 0.15) is 23.3 Å². The molecule has 0 saturated heterocycles. The minimum absolute atomic E-state index is 0.0663. The quantitative estimate of drug-likeness (QED) is 0.127. The summed E-state index contributed by atoms with van der Waals surface area (Å²) in [5.41, 5.74) is 0.998. The first kappa shape index (κ1) is 26.2. The van der Waals surface area contributed by atoms with E-state index in [1.54, 1.807) is 12.1 Å². The van der Waals surface area contributed by atoms with Crippen molar-refractivity contribution in [2.45, 2.75) is 6.61 Å². The van der Waals surface area contributed by atoms with Crippen LogP contribution >= 0.6 is 43.5 Å². The van der Waals surface area contributed by atoms with Crippen LogP contribution in [0.3, 0.4) is 0 Å². The van der Waals surface area contributed by atoms with Crippen molar-refractivity contribution in [1.82, 2.24) is 0 Å². The average molecular weight is 622 g/mol. The second-order valence-electron chi connectivity index (χ2n) is 7.00. The molecule has 0 heterocycles. The molecule has 0 atom stereocenters. The van der Waals surface area contributed by atoms with Crippen LogP contribution in [0.5, 0.6) is 11.5 Å². The van der Waals surface area contributed by atoms with Gasteiger partial charge in [-0.25, -0.2) is 0 Å². The molecular formula is C24H16Br2ClN3O5. The predicted molar refractivity (Wildman–Crippen MR) is 139 cm³/mol. The molecule has 0 aliphatic heterocycles. The van der Waals surface area contributed by atoms with Gasteiger partial charge in [-0.15, -0.1) is 0 Å². The number of nitrogens with one attached hydrogen (secondary N) is 1. The normalized spacial score (nSPS) is 10.9. The van der Waals surface area contributed by atoms with E-state index in [4.69, 9.17) is 21.1 Å². The number of nitro benzene ring substituents is 1. The lowest BCUT2D eigenvalue weighted by Crippen LogP contribution is -2.13. The van der Waals surface area contributed by atoms with Gasteiger partial charge in [0, 0.05) is 16.2 Å². The molecule has 1 amide bonds. The Bertz CT molecular complexity index is 1350. The minimum atomic E-state index is -0.741. The number of ether oxygens (including phenoxy) is 2. The van der Waals surface area contributed by atoms with E-state index in [0.717, 1.165) is 16.1 Å². The molecule has 3 rings (SSSR count). The van der Waals surface area contributed by atoms with Gasteiger partial charge in [0.25, 0.3) is 11.6 Å². The molecule has 11 heteroatoms. The number of nitro groups is 1. The molecule has 0 aliphatic rings. The van der Waals surface area contributed by atoms with Gasteiger partial charge in [-0.1, -0.05) is 39.7 Å². The van der Waals surface area contributed by atoms with Crippen molar-refractivity contribution in [3.63, 3.8) is 0 Å². The second-order valence-corrected chi connectivity index (χ2v) is 9.17. The fourth-order valence-corrected chi connectivity index (χ4v) is 3.97. The zero-order chi connectivity index (χ0) is 25.5. The first-order valence-corrected chi connectivity index (χ1v) is 11.8. The highest BCUT2D eigenvalue weighted by Crippen LogP contribution is 2.38. The molecule has 0 fully saturated rings. The Morgan fingerprint density at radius 2 is 1.91 bits per heavy atom. The van der Waals surface area contributed by atoms with Crippen molar-refractivity contribution in [1.29, 1.82) is 5.26 Å². The highest BCUT2D eigenvalue weighted by Gasteiger charge is 2.17. The van der Waals surface area contributed by atoms with Crippen LogP contribution in [0.15, 0.2) is 69.1 Å². The Kier molecular flexibility index (Phi) is 8.87. The highest BCUT2D eigenvalue weighted by molar-refractivity contribution is 9.10. The van der Waals surface area contributed by atoms with Crippen molar-refractivity contribution in [3.8, 4) is 17.6 Å². The van der Waals surface area contributed by atoms with E-state index < -0.39 is 10.8 Å². The van der Waals surface area contributed by atoms with Crippen molar-refractivity contribution in [3.05, 3.63) is 95.4 Å². The third-order valence-corrected chi connectivity index (χ3v) is 6.06. The molecule has 3 aromatic carbocycles. The molecule has 0 aromatic heterocycles. The Labute approximate surface area is 222 Å². The molecule has 0 aliphatic carbocycles. The second kappa shape index (κ2) is 11.8. The topological polar surface area (TPSA) is 114 Å². The van der Waals surface area contributed by atoms with Crippen LogP contribution in [0.4, 0.5) is 11.4 Å². The van der Waals surface area contributed by atoms with E-state index in [2.05, 4.69) is 37.2 Å². The Morgan fingerprint density at radius 1 is 1.20 bits per heavy atom. The maximum Gasteiger partial charge on any atom is 0.289 e. The number of carbonyl (C=O) groups is 1. The van der Waals surface area contributed by atoms with E-state index >= 15 is 0 Å². The summed E-state index contributed by atoms with van der Waals surface area (Å²) < 4.78 is 12.9. The van der Waals surface area contributed by atoms with E-state index in [9.17, 15) is 20.2 Å². The Hall–Kier alpha value is -3.39. The van der Waals surface area contributed by atoms with Gasteiger partial charge in [-0.3, -0.25) is 14.9 Å². The fourth-order valence-electron chi connectivity index (χ4n) is 2.94. The summed E-state index contributed by atoms with van der Waals surface area (Å²) in [4.78, 5) is 23.0. The largest absolute Gasteiger partial charge is 0.493 e. The SMILES string of the molecule is COc1cc(/C=C(\C#N)C(=O)Nc2ccc(Cl)c([N+](=O)[O-])c2)cc(Br)c1OCc1ccc(Br)cc1. The molecule has 3 aromatic rings. The lowest BCUT2D eigenvalue weighted by molar-refractivity contribution is -0.384. The summed E-state index contributed by atoms with van der Waals surface area (Å²) in [6, 6.07) is 16.6. The highest BCUT2D eigenvalue weighted by atomic mass is 79.9. The first-order chi connectivity index (χ1) is 16.7. The van der Waals surface area contributed by atoms with Gasteiger partial charge in [0.15, 0.2) is 11.5 Å². The Balaban J connectivity index is 1.82. The maximum absolute atomic E-state index is 12.6. The number of benzene rings is 3. The smallest absolute Gasteiger partial charge is 0.289 e. The summed E-state index contributed by atoms with van der Waals surface area (Å²) >= 11 is 12.6. The van der Waals surface area contributed by atoms with Crippen LogP contribution in [-0.4, -0.2) is 17.9 Å². The summed E-state index contributed by atoms with van der Waals surface area (Å²) in [6.45, 7) is 0.302. The molecule has 0 bridgehead atoms. The van der Waals surface area contributed by atoms with Gasteiger partial charge in [-0.2, -0.15) is 5.26 Å². The molecule has 0 radical (unpaired) electrons. The van der Waals surface area contributed by atoms with E-state index in [0.29, 0.717) is 28.1 Å². The van der Waals surface area contributed by atoms with Crippen LogP contribution < -0.4 is 14.8 Å². The zero-order valence-corrected chi connectivity index (χ0v) is 22.0. The molecule has 35 heavy (non-hydrogen) atoms. The van der Waals surface area contributed by atoms with E-state index in [1.165, 1.54) is 25.3 Å². The van der Waals surface area contributed by atoms with Gasteiger partial charge >= 0.3 is 0 Å².